The van der Waals surface area contributed by atoms with E-state index in [9.17, 15) is 9.59 Å². The lowest BCUT2D eigenvalue weighted by Gasteiger charge is -2.32. The number of hydrogen-bond donors (Lipinski definition) is 0. The molecule has 1 aliphatic heterocycles. The van der Waals surface area contributed by atoms with Crippen LogP contribution in [0.15, 0.2) is 24.3 Å². The molecule has 0 spiro atoms. The molecule has 1 aromatic heterocycles. The van der Waals surface area contributed by atoms with Crippen LogP contribution in [0.25, 0.3) is 10.2 Å². The van der Waals surface area contributed by atoms with E-state index in [2.05, 4.69) is 6.07 Å². The van der Waals surface area contributed by atoms with Gasteiger partial charge >= 0.3 is 5.97 Å². The third-order valence-corrected chi connectivity index (χ3v) is 6.91. The Morgan fingerprint density at radius 1 is 1.19 bits per heavy atom. The van der Waals surface area contributed by atoms with Crippen LogP contribution in [0.1, 0.15) is 43.0 Å². The smallest absolute Gasteiger partial charge is 0.310 e. The second kappa shape index (κ2) is 7.35. The van der Waals surface area contributed by atoms with Crippen LogP contribution >= 0.6 is 11.3 Å². The highest BCUT2D eigenvalue weighted by Gasteiger charge is 2.39. The fourth-order valence-corrected chi connectivity index (χ4v) is 5.49. The molecule has 0 bridgehead atoms. The fourth-order valence-electron chi connectivity index (χ4n) is 4.32. The molecule has 6 heteroatoms. The highest BCUT2D eigenvalue weighted by molar-refractivity contribution is 7.18. The predicted octanol–water partition coefficient (Wildman–Crippen LogP) is 3.59. The Morgan fingerprint density at radius 3 is 2.81 bits per heavy atom. The third kappa shape index (κ3) is 3.22. The van der Waals surface area contributed by atoms with Crippen LogP contribution in [0, 0.1) is 11.8 Å². The number of carbonyl (C=O) groups is 2. The summed E-state index contributed by atoms with van der Waals surface area (Å²) < 4.78 is 6.03. The molecule has 0 radical (unpaired) electrons. The SMILES string of the molecule is COC(=O)[C@@H]1CCN(C(=O)[C@H]2CCCC[C@H]2c2nc3ccccc3s2)C1. The van der Waals surface area contributed by atoms with Gasteiger partial charge < -0.3 is 9.64 Å². The minimum absolute atomic E-state index is 0.0132. The number of likely N-dealkylation sites (tertiary alicyclic amines) is 1. The fraction of sp³-hybridized carbons (Fsp3) is 0.550. The molecule has 4 rings (SSSR count). The molecule has 0 unspecified atom stereocenters. The Morgan fingerprint density at radius 2 is 2.00 bits per heavy atom. The number of hydrogen-bond acceptors (Lipinski definition) is 5. The Labute approximate surface area is 157 Å². The van der Waals surface area contributed by atoms with Crippen molar-refractivity contribution in [3.63, 3.8) is 0 Å². The highest BCUT2D eigenvalue weighted by Crippen LogP contribution is 2.42. The van der Waals surface area contributed by atoms with Crippen molar-refractivity contribution in [2.45, 2.75) is 38.0 Å². The van der Waals surface area contributed by atoms with Gasteiger partial charge in [-0.1, -0.05) is 25.0 Å². The molecule has 1 saturated heterocycles. The number of aromatic nitrogens is 1. The molecular formula is C20H24N2O3S. The van der Waals surface area contributed by atoms with Crippen molar-refractivity contribution in [2.24, 2.45) is 11.8 Å². The van der Waals surface area contributed by atoms with Gasteiger partial charge in [0.1, 0.15) is 0 Å². The second-order valence-corrected chi connectivity index (χ2v) is 8.37. The van der Waals surface area contributed by atoms with Gasteiger partial charge in [0.25, 0.3) is 0 Å². The van der Waals surface area contributed by atoms with Gasteiger partial charge in [-0.2, -0.15) is 0 Å². The second-order valence-electron chi connectivity index (χ2n) is 7.31. The number of amides is 1. The summed E-state index contributed by atoms with van der Waals surface area (Å²) in [4.78, 5) is 31.7. The first-order chi connectivity index (χ1) is 12.7. The molecule has 3 atom stereocenters. The van der Waals surface area contributed by atoms with Gasteiger partial charge in [0.2, 0.25) is 5.91 Å². The summed E-state index contributed by atoms with van der Waals surface area (Å²) in [6.07, 6.45) is 4.88. The number of methoxy groups -OCH3 is 1. The number of thiazole rings is 1. The van der Waals surface area contributed by atoms with Gasteiger partial charge in [0.15, 0.2) is 0 Å². The summed E-state index contributed by atoms with van der Waals surface area (Å²) in [7, 11) is 1.41. The van der Waals surface area contributed by atoms with Crippen molar-refractivity contribution in [1.29, 1.82) is 0 Å². The van der Waals surface area contributed by atoms with E-state index in [1.54, 1.807) is 11.3 Å². The maximum Gasteiger partial charge on any atom is 0.310 e. The van der Waals surface area contributed by atoms with Crippen molar-refractivity contribution >= 4 is 33.4 Å². The molecule has 1 amide bonds. The number of para-hydroxylation sites is 1. The summed E-state index contributed by atoms with van der Waals surface area (Å²) >= 11 is 1.72. The van der Waals surface area contributed by atoms with Gasteiger partial charge in [0, 0.05) is 24.9 Å². The molecule has 5 nitrogen and oxygen atoms in total. The number of fused-ring (bicyclic) bond motifs is 1. The first-order valence-corrected chi connectivity index (χ1v) is 10.2. The summed E-state index contributed by atoms with van der Waals surface area (Å²) in [6.45, 7) is 1.15. The first-order valence-electron chi connectivity index (χ1n) is 9.39. The summed E-state index contributed by atoms with van der Waals surface area (Å²) in [6, 6.07) is 8.17. The van der Waals surface area contributed by atoms with Crippen molar-refractivity contribution < 1.29 is 14.3 Å². The van der Waals surface area contributed by atoms with Crippen molar-refractivity contribution in [3.8, 4) is 0 Å². The van der Waals surface area contributed by atoms with E-state index in [0.717, 1.165) is 36.2 Å². The summed E-state index contributed by atoms with van der Waals surface area (Å²) in [5.41, 5.74) is 1.02. The molecule has 26 heavy (non-hydrogen) atoms. The van der Waals surface area contributed by atoms with Crippen molar-refractivity contribution in [3.05, 3.63) is 29.3 Å². The van der Waals surface area contributed by atoms with Crippen LogP contribution in [0.3, 0.4) is 0 Å². The van der Waals surface area contributed by atoms with Gasteiger partial charge in [-0.3, -0.25) is 9.59 Å². The monoisotopic (exact) mass is 372 g/mol. The summed E-state index contributed by atoms with van der Waals surface area (Å²) in [5, 5.41) is 1.09. The Kier molecular flexibility index (Phi) is 4.94. The van der Waals surface area contributed by atoms with Crippen LogP contribution in [-0.2, 0) is 14.3 Å². The van der Waals surface area contributed by atoms with Gasteiger partial charge in [-0.15, -0.1) is 11.3 Å². The minimum Gasteiger partial charge on any atom is -0.469 e. The molecule has 2 aromatic rings. The van der Waals surface area contributed by atoms with Crippen LogP contribution in [0.4, 0.5) is 0 Å². The molecule has 138 valence electrons. The summed E-state index contributed by atoms with van der Waals surface area (Å²) in [5.74, 6) is 0.00648. The van der Waals surface area contributed by atoms with Crippen LogP contribution in [-0.4, -0.2) is 42.0 Å². The molecule has 0 N–H and O–H groups in total. The molecule has 1 aromatic carbocycles. The lowest BCUT2D eigenvalue weighted by molar-refractivity contribution is -0.145. The van der Waals surface area contributed by atoms with E-state index in [1.165, 1.54) is 11.8 Å². The first kappa shape index (κ1) is 17.5. The van der Waals surface area contributed by atoms with Gasteiger partial charge in [0.05, 0.1) is 28.3 Å². The van der Waals surface area contributed by atoms with Crippen molar-refractivity contribution in [1.82, 2.24) is 9.88 Å². The van der Waals surface area contributed by atoms with Crippen LogP contribution < -0.4 is 0 Å². The predicted molar refractivity (Wildman–Crippen MR) is 101 cm³/mol. The maximum absolute atomic E-state index is 13.2. The standard InChI is InChI=1S/C20H24N2O3S/c1-25-20(24)13-10-11-22(12-13)19(23)15-7-3-2-6-14(15)18-21-16-8-4-5-9-17(16)26-18/h4-5,8-9,13-15H,2-3,6-7,10-12H2,1H3/t13-,14-,15+/m1/s1. The van der Waals surface area contributed by atoms with E-state index < -0.39 is 0 Å². The highest BCUT2D eigenvalue weighted by atomic mass is 32.1. The van der Waals surface area contributed by atoms with E-state index in [1.807, 2.05) is 23.1 Å². The van der Waals surface area contributed by atoms with E-state index >= 15 is 0 Å². The Balaban J connectivity index is 1.54. The number of nitrogens with zero attached hydrogens (tertiary/aromatic N) is 2. The van der Waals surface area contributed by atoms with Crippen LogP contribution in [0.5, 0.6) is 0 Å². The zero-order valence-corrected chi connectivity index (χ0v) is 15.8. The lowest BCUT2D eigenvalue weighted by atomic mass is 9.78. The average molecular weight is 372 g/mol. The average Bonchev–Trinajstić information content (AvgIpc) is 3.34. The number of rotatable bonds is 3. The van der Waals surface area contributed by atoms with E-state index in [-0.39, 0.29) is 29.6 Å². The topological polar surface area (TPSA) is 59.5 Å². The number of carbonyl (C=O) groups excluding carboxylic acids is 2. The number of benzene rings is 1. The molecule has 2 aliphatic rings. The quantitative estimate of drug-likeness (QED) is 0.773. The molecule has 2 fully saturated rings. The normalized spacial score (nSPS) is 26.2. The Hall–Kier alpha value is -1.95. The molecular weight excluding hydrogens is 348 g/mol. The van der Waals surface area contributed by atoms with Gasteiger partial charge in [-0.25, -0.2) is 4.98 Å². The van der Waals surface area contributed by atoms with Gasteiger partial charge in [-0.05, 0) is 31.4 Å². The number of esters is 1. The van der Waals surface area contributed by atoms with Crippen molar-refractivity contribution in [2.75, 3.05) is 20.2 Å². The third-order valence-electron chi connectivity index (χ3n) is 5.75. The lowest BCUT2D eigenvalue weighted by Crippen LogP contribution is -2.39. The molecule has 2 heterocycles. The molecule has 1 saturated carbocycles. The minimum atomic E-state index is -0.202. The Bertz CT molecular complexity index is 785. The van der Waals surface area contributed by atoms with E-state index in [0.29, 0.717) is 19.5 Å². The van der Waals surface area contributed by atoms with E-state index in [4.69, 9.17) is 9.72 Å². The number of ether oxygens (including phenoxy) is 1. The van der Waals surface area contributed by atoms with Crippen LogP contribution in [0.2, 0.25) is 0 Å². The maximum atomic E-state index is 13.2. The largest absolute Gasteiger partial charge is 0.469 e. The molecule has 1 aliphatic carbocycles. The zero-order valence-electron chi connectivity index (χ0n) is 15.0. The zero-order chi connectivity index (χ0) is 18.1.